The Balaban J connectivity index is 1.70. The van der Waals surface area contributed by atoms with E-state index in [2.05, 4.69) is 41.2 Å². The van der Waals surface area contributed by atoms with Crippen molar-refractivity contribution in [1.82, 2.24) is 25.3 Å². The average Bonchev–Trinajstić information content (AvgIpc) is 3.17. The fourth-order valence-electron chi connectivity index (χ4n) is 2.67. The summed E-state index contributed by atoms with van der Waals surface area (Å²) < 4.78 is 0. The van der Waals surface area contributed by atoms with Gasteiger partial charge in [0.25, 0.3) is 5.91 Å². The van der Waals surface area contributed by atoms with Crippen LogP contribution >= 0.6 is 0 Å². The molecule has 1 atom stereocenters. The highest BCUT2D eigenvalue weighted by atomic mass is 16.2. The molecule has 1 fully saturated rings. The highest BCUT2D eigenvalue weighted by molar-refractivity contribution is 5.92. The van der Waals surface area contributed by atoms with E-state index in [0.717, 1.165) is 30.9 Å². The summed E-state index contributed by atoms with van der Waals surface area (Å²) >= 11 is 0. The van der Waals surface area contributed by atoms with Gasteiger partial charge in [-0.15, -0.1) is 0 Å². The van der Waals surface area contributed by atoms with Gasteiger partial charge >= 0.3 is 0 Å². The maximum absolute atomic E-state index is 12.5. The molecule has 1 aliphatic heterocycles. The lowest BCUT2D eigenvalue weighted by atomic mass is 9.92. The number of hydrogen-bond acceptors (Lipinski definition) is 3. The minimum Gasteiger partial charge on any atom is -0.337 e. The number of carbonyl (C=O) groups is 1. The van der Waals surface area contributed by atoms with Crippen molar-refractivity contribution in [3.8, 4) is 0 Å². The molecule has 0 aliphatic carbocycles. The van der Waals surface area contributed by atoms with E-state index in [0.29, 0.717) is 11.6 Å². The second-order valence-corrected chi connectivity index (χ2v) is 6.67. The summed E-state index contributed by atoms with van der Waals surface area (Å²) in [6.07, 6.45) is 2.72. The van der Waals surface area contributed by atoms with Gasteiger partial charge in [-0.1, -0.05) is 20.8 Å². The Morgan fingerprint density at radius 2 is 2.19 bits per heavy atom. The molecule has 2 N–H and O–H groups in total. The fraction of sp³-hybridized carbons (Fsp3) is 0.533. The Bertz CT molecular complexity index is 623. The number of hydrogen-bond donors (Lipinski definition) is 2. The van der Waals surface area contributed by atoms with Crippen molar-refractivity contribution in [2.75, 3.05) is 13.1 Å². The van der Waals surface area contributed by atoms with Gasteiger partial charge in [-0.05, 0) is 18.6 Å². The molecule has 21 heavy (non-hydrogen) atoms. The molecule has 1 amide bonds. The zero-order valence-electron chi connectivity index (χ0n) is 12.7. The molecule has 6 heteroatoms. The van der Waals surface area contributed by atoms with Crippen LogP contribution in [0.4, 0.5) is 0 Å². The van der Waals surface area contributed by atoms with Crippen molar-refractivity contribution in [3.63, 3.8) is 0 Å². The smallest absolute Gasteiger partial charge is 0.274 e. The number of rotatable bonds is 2. The zero-order valence-corrected chi connectivity index (χ0v) is 12.7. The lowest BCUT2D eigenvalue weighted by Crippen LogP contribution is -2.28. The minimum absolute atomic E-state index is 0.00349. The first-order chi connectivity index (χ1) is 9.95. The van der Waals surface area contributed by atoms with Gasteiger partial charge in [-0.3, -0.25) is 15.0 Å². The third kappa shape index (κ3) is 2.70. The number of carbonyl (C=O) groups excluding carboxylic acids is 1. The highest BCUT2D eigenvalue weighted by Crippen LogP contribution is 2.27. The Labute approximate surface area is 123 Å². The summed E-state index contributed by atoms with van der Waals surface area (Å²) in [6, 6.07) is 3.84. The van der Waals surface area contributed by atoms with Crippen LogP contribution < -0.4 is 0 Å². The maximum Gasteiger partial charge on any atom is 0.274 e. The summed E-state index contributed by atoms with van der Waals surface area (Å²) in [4.78, 5) is 14.4. The molecule has 0 saturated carbocycles. The van der Waals surface area contributed by atoms with E-state index in [1.165, 1.54) is 0 Å². The second kappa shape index (κ2) is 5.02. The van der Waals surface area contributed by atoms with E-state index in [4.69, 9.17) is 0 Å². The first-order valence-corrected chi connectivity index (χ1v) is 7.29. The molecule has 3 rings (SSSR count). The Morgan fingerprint density at radius 1 is 1.38 bits per heavy atom. The molecule has 0 bridgehead atoms. The third-order valence-electron chi connectivity index (χ3n) is 4.04. The predicted molar refractivity (Wildman–Crippen MR) is 79.1 cm³/mol. The van der Waals surface area contributed by atoms with E-state index in [1.54, 1.807) is 6.20 Å². The summed E-state index contributed by atoms with van der Waals surface area (Å²) in [5.41, 5.74) is 2.55. The molecular weight excluding hydrogens is 266 g/mol. The van der Waals surface area contributed by atoms with Gasteiger partial charge in [0, 0.05) is 42.0 Å². The molecule has 2 aromatic heterocycles. The van der Waals surface area contributed by atoms with Gasteiger partial charge in [0.1, 0.15) is 5.69 Å². The number of likely N-dealkylation sites (tertiary alicyclic amines) is 1. The van der Waals surface area contributed by atoms with Crippen molar-refractivity contribution in [2.45, 2.75) is 38.5 Å². The standard InChI is InChI=1S/C15H21N5O/c1-15(2,3)13-8-12(18-19-13)14(21)20-7-5-10(9-20)11-4-6-16-17-11/h4,6,8,10H,5,7,9H2,1-3H3,(H,16,17)(H,18,19)/t10-/m1/s1. The van der Waals surface area contributed by atoms with Crippen LogP contribution in [-0.2, 0) is 5.41 Å². The molecule has 1 aliphatic rings. The van der Waals surface area contributed by atoms with Crippen molar-refractivity contribution in [3.05, 3.63) is 35.4 Å². The number of amides is 1. The van der Waals surface area contributed by atoms with Crippen LogP contribution in [0.5, 0.6) is 0 Å². The largest absolute Gasteiger partial charge is 0.337 e. The van der Waals surface area contributed by atoms with E-state index in [9.17, 15) is 4.79 Å². The van der Waals surface area contributed by atoms with Crippen molar-refractivity contribution < 1.29 is 4.79 Å². The molecule has 1 saturated heterocycles. The fourth-order valence-corrected chi connectivity index (χ4v) is 2.67. The number of aromatic amines is 2. The maximum atomic E-state index is 12.5. The van der Waals surface area contributed by atoms with Gasteiger partial charge in [0.05, 0.1) is 0 Å². The highest BCUT2D eigenvalue weighted by Gasteiger charge is 2.30. The zero-order chi connectivity index (χ0) is 15.0. The van der Waals surface area contributed by atoms with Crippen LogP contribution in [0.3, 0.4) is 0 Å². The Hall–Kier alpha value is -2.11. The van der Waals surface area contributed by atoms with Crippen molar-refractivity contribution in [2.24, 2.45) is 0 Å². The Kier molecular flexibility index (Phi) is 3.31. The van der Waals surface area contributed by atoms with E-state index in [-0.39, 0.29) is 11.3 Å². The quantitative estimate of drug-likeness (QED) is 0.887. The van der Waals surface area contributed by atoms with Crippen molar-refractivity contribution >= 4 is 5.91 Å². The monoisotopic (exact) mass is 287 g/mol. The van der Waals surface area contributed by atoms with Gasteiger partial charge in [0.15, 0.2) is 0 Å². The SMILES string of the molecule is CC(C)(C)c1cc(C(=O)N2CC[C@@H](c3ccn[nH]3)C2)n[nH]1. The van der Waals surface area contributed by atoms with E-state index >= 15 is 0 Å². The van der Waals surface area contributed by atoms with E-state index in [1.807, 2.05) is 17.0 Å². The van der Waals surface area contributed by atoms with Crippen LogP contribution in [0, 0.1) is 0 Å². The summed E-state index contributed by atoms with van der Waals surface area (Å²) in [5, 5.41) is 14.1. The van der Waals surface area contributed by atoms with Gasteiger partial charge in [0.2, 0.25) is 0 Å². The molecule has 6 nitrogen and oxygen atoms in total. The summed E-state index contributed by atoms with van der Waals surface area (Å²) in [7, 11) is 0. The molecule has 3 heterocycles. The third-order valence-corrected chi connectivity index (χ3v) is 4.04. The molecule has 0 radical (unpaired) electrons. The average molecular weight is 287 g/mol. The van der Waals surface area contributed by atoms with Crippen LogP contribution in [-0.4, -0.2) is 44.3 Å². The lowest BCUT2D eigenvalue weighted by molar-refractivity contribution is 0.0785. The first kappa shape index (κ1) is 13.9. The molecule has 0 spiro atoms. The van der Waals surface area contributed by atoms with Crippen LogP contribution in [0.25, 0.3) is 0 Å². The van der Waals surface area contributed by atoms with Gasteiger partial charge in [-0.2, -0.15) is 10.2 Å². The molecular formula is C15H21N5O. The normalized spacial score (nSPS) is 19.2. The van der Waals surface area contributed by atoms with Crippen molar-refractivity contribution in [1.29, 1.82) is 0 Å². The van der Waals surface area contributed by atoms with Crippen LogP contribution in [0.1, 0.15) is 55.0 Å². The first-order valence-electron chi connectivity index (χ1n) is 7.29. The van der Waals surface area contributed by atoms with Crippen LogP contribution in [0.15, 0.2) is 18.3 Å². The summed E-state index contributed by atoms with van der Waals surface area (Å²) in [6.45, 7) is 7.77. The Morgan fingerprint density at radius 3 is 2.81 bits per heavy atom. The predicted octanol–water partition coefficient (Wildman–Crippen LogP) is 2.06. The number of nitrogens with zero attached hydrogens (tertiary/aromatic N) is 3. The topological polar surface area (TPSA) is 77.7 Å². The van der Waals surface area contributed by atoms with Gasteiger partial charge < -0.3 is 4.90 Å². The molecule has 112 valence electrons. The molecule has 0 aromatic carbocycles. The van der Waals surface area contributed by atoms with Crippen LogP contribution in [0.2, 0.25) is 0 Å². The number of nitrogens with one attached hydrogen (secondary N) is 2. The van der Waals surface area contributed by atoms with E-state index < -0.39 is 0 Å². The van der Waals surface area contributed by atoms with Gasteiger partial charge in [-0.25, -0.2) is 0 Å². The summed E-state index contributed by atoms with van der Waals surface area (Å²) in [5.74, 6) is 0.348. The minimum atomic E-state index is -0.0327. The molecule has 2 aromatic rings. The number of aromatic nitrogens is 4. The molecule has 0 unspecified atom stereocenters. The lowest BCUT2D eigenvalue weighted by Gasteiger charge is -2.15. The second-order valence-electron chi connectivity index (χ2n) is 6.67. The number of H-pyrrole nitrogens is 2.